The highest BCUT2D eigenvalue weighted by molar-refractivity contribution is 5.78. The Morgan fingerprint density at radius 1 is 1.15 bits per heavy atom. The maximum absolute atomic E-state index is 11.1. The Balaban J connectivity index is 3.08. The molecule has 0 bridgehead atoms. The molecule has 0 atom stereocenters. The van der Waals surface area contributed by atoms with E-state index in [0.717, 1.165) is 12.8 Å². The van der Waals surface area contributed by atoms with Crippen molar-refractivity contribution in [2.45, 2.75) is 32.6 Å². The number of ketones is 1. The van der Waals surface area contributed by atoms with Crippen molar-refractivity contribution in [2.24, 2.45) is 0 Å². The van der Waals surface area contributed by atoms with Crippen LogP contribution in [0.3, 0.4) is 0 Å². The first-order valence-electron chi connectivity index (χ1n) is 4.89. The quantitative estimate of drug-likeness (QED) is 0.517. The fourth-order valence-electron chi connectivity index (χ4n) is 0.929. The largest absolute Gasteiger partial charge is 0.382 e. The van der Waals surface area contributed by atoms with Gasteiger partial charge in [-0.1, -0.05) is 13.3 Å². The molecule has 0 aliphatic heterocycles. The summed E-state index contributed by atoms with van der Waals surface area (Å²) >= 11 is 0. The molecule has 0 aliphatic rings. The summed E-state index contributed by atoms with van der Waals surface area (Å²) in [6.45, 7) is 3.80. The number of hydrogen-bond acceptors (Lipinski definition) is 3. The van der Waals surface area contributed by atoms with E-state index in [-0.39, 0.29) is 0 Å². The average molecular weight is 188 g/mol. The molecule has 0 aromatic heterocycles. The van der Waals surface area contributed by atoms with Crippen LogP contribution in [-0.2, 0) is 14.3 Å². The van der Waals surface area contributed by atoms with Gasteiger partial charge in [-0.2, -0.15) is 0 Å². The molecule has 0 aromatic carbocycles. The normalized spacial score (nSPS) is 10.3. The molecular weight excluding hydrogens is 168 g/mol. The molecule has 0 saturated carbocycles. The van der Waals surface area contributed by atoms with Gasteiger partial charge < -0.3 is 9.47 Å². The topological polar surface area (TPSA) is 35.5 Å². The van der Waals surface area contributed by atoms with Gasteiger partial charge in [0.25, 0.3) is 0 Å². The molecule has 3 heteroatoms. The first kappa shape index (κ1) is 12.6. The first-order valence-corrected chi connectivity index (χ1v) is 4.89. The minimum atomic E-state index is 0.305. The number of carbonyl (C=O) groups is 1. The van der Waals surface area contributed by atoms with Crippen molar-refractivity contribution in [3.63, 3.8) is 0 Å². The number of Topliss-reactive ketones (excluding diaryl/α,β-unsaturated/α-hetero) is 1. The number of rotatable bonds is 9. The Morgan fingerprint density at radius 3 is 2.54 bits per heavy atom. The lowest BCUT2D eigenvalue weighted by Gasteiger charge is -2.02. The summed E-state index contributed by atoms with van der Waals surface area (Å²) in [5.74, 6) is 0.305. The van der Waals surface area contributed by atoms with Crippen LogP contribution < -0.4 is 0 Å². The van der Waals surface area contributed by atoms with Crippen LogP contribution in [-0.4, -0.2) is 32.7 Å². The van der Waals surface area contributed by atoms with E-state index in [4.69, 9.17) is 9.47 Å². The molecule has 0 spiro atoms. The Kier molecular flexibility index (Phi) is 9.37. The summed E-state index contributed by atoms with van der Waals surface area (Å²) in [5, 5.41) is 0. The van der Waals surface area contributed by atoms with Gasteiger partial charge in [0.15, 0.2) is 0 Å². The van der Waals surface area contributed by atoms with Gasteiger partial charge in [-0.15, -0.1) is 0 Å². The summed E-state index contributed by atoms with van der Waals surface area (Å²) in [5.41, 5.74) is 0. The molecule has 0 rings (SSSR count). The molecule has 3 nitrogen and oxygen atoms in total. The van der Waals surface area contributed by atoms with Gasteiger partial charge in [0.05, 0.1) is 19.8 Å². The lowest BCUT2D eigenvalue weighted by molar-refractivity contribution is -0.120. The molecular formula is C10H20O3. The number of unbranched alkanes of at least 4 members (excludes halogenated alkanes) is 1. The van der Waals surface area contributed by atoms with Gasteiger partial charge in [0.2, 0.25) is 0 Å². The molecule has 0 fully saturated rings. The lowest BCUT2D eigenvalue weighted by atomic mass is 10.1. The van der Waals surface area contributed by atoms with Crippen LogP contribution in [0.2, 0.25) is 0 Å². The number of hydrogen-bond donors (Lipinski definition) is 0. The van der Waals surface area contributed by atoms with Crippen LogP contribution >= 0.6 is 0 Å². The van der Waals surface area contributed by atoms with Gasteiger partial charge in [-0.05, 0) is 6.42 Å². The van der Waals surface area contributed by atoms with E-state index in [1.54, 1.807) is 7.11 Å². The highest BCUT2D eigenvalue weighted by atomic mass is 16.5. The Bertz CT molecular complexity index is 123. The van der Waals surface area contributed by atoms with Crippen LogP contribution in [0.4, 0.5) is 0 Å². The van der Waals surface area contributed by atoms with Crippen molar-refractivity contribution < 1.29 is 14.3 Å². The fourth-order valence-corrected chi connectivity index (χ4v) is 0.929. The van der Waals surface area contributed by atoms with E-state index in [9.17, 15) is 4.79 Å². The molecule has 0 N–H and O–H groups in total. The van der Waals surface area contributed by atoms with Crippen LogP contribution in [0.5, 0.6) is 0 Å². The smallest absolute Gasteiger partial charge is 0.135 e. The van der Waals surface area contributed by atoms with Crippen molar-refractivity contribution in [1.82, 2.24) is 0 Å². The van der Waals surface area contributed by atoms with Gasteiger partial charge in [-0.25, -0.2) is 0 Å². The van der Waals surface area contributed by atoms with Crippen molar-refractivity contribution >= 4 is 5.78 Å². The summed E-state index contributed by atoms with van der Waals surface area (Å²) in [6, 6.07) is 0. The minimum absolute atomic E-state index is 0.305. The third kappa shape index (κ3) is 9.50. The summed E-state index contributed by atoms with van der Waals surface area (Å²) in [7, 11) is 1.63. The molecule has 0 saturated heterocycles. The van der Waals surface area contributed by atoms with Crippen LogP contribution in [0.1, 0.15) is 32.6 Å². The van der Waals surface area contributed by atoms with Crippen molar-refractivity contribution in [2.75, 3.05) is 26.9 Å². The molecule has 13 heavy (non-hydrogen) atoms. The standard InChI is InChI=1S/C10H20O3/c1-3-4-5-10(11)6-7-13-9-8-12-2/h3-9H2,1-2H3. The average Bonchev–Trinajstić information content (AvgIpc) is 2.14. The highest BCUT2D eigenvalue weighted by Gasteiger charge is 2.00. The second-order valence-electron chi connectivity index (χ2n) is 3.00. The monoisotopic (exact) mass is 188 g/mol. The van der Waals surface area contributed by atoms with E-state index in [1.165, 1.54) is 0 Å². The third-order valence-electron chi connectivity index (χ3n) is 1.77. The van der Waals surface area contributed by atoms with E-state index in [1.807, 2.05) is 0 Å². The van der Waals surface area contributed by atoms with E-state index >= 15 is 0 Å². The molecule has 0 heterocycles. The van der Waals surface area contributed by atoms with Crippen LogP contribution in [0, 0.1) is 0 Å². The van der Waals surface area contributed by atoms with Crippen LogP contribution in [0.25, 0.3) is 0 Å². The number of carbonyl (C=O) groups excluding carboxylic acids is 1. The summed E-state index contributed by atoms with van der Waals surface area (Å²) < 4.78 is 9.98. The Hall–Kier alpha value is -0.410. The van der Waals surface area contributed by atoms with Crippen molar-refractivity contribution in [1.29, 1.82) is 0 Å². The van der Waals surface area contributed by atoms with Gasteiger partial charge >= 0.3 is 0 Å². The molecule has 0 aromatic rings. The minimum Gasteiger partial charge on any atom is -0.382 e. The molecule has 0 aliphatic carbocycles. The third-order valence-corrected chi connectivity index (χ3v) is 1.77. The zero-order valence-electron chi connectivity index (χ0n) is 8.67. The molecule has 0 radical (unpaired) electrons. The number of methoxy groups -OCH3 is 1. The predicted molar refractivity (Wildman–Crippen MR) is 51.8 cm³/mol. The SMILES string of the molecule is CCCCC(=O)CCOCCOC. The summed E-state index contributed by atoms with van der Waals surface area (Å²) in [4.78, 5) is 11.1. The maximum Gasteiger partial charge on any atom is 0.135 e. The lowest BCUT2D eigenvalue weighted by Crippen LogP contribution is -2.07. The maximum atomic E-state index is 11.1. The van der Waals surface area contributed by atoms with Crippen molar-refractivity contribution in [3.8, 4) is 0 Å². The van der Waals surface area contributed by atoms with Crippen molar-refractivity contribution in [3.05, 3.63) is 0 Å². The highest BCUT2D eigenvalue weighted by Crippen LogP contribution is 1.98. The van der Waals surface area contributed by atoms with E-state index in [0.29, 0.717) is 38.4 Å². The molecule has 0 unspecified atom stereocenters. The zero-order chi connectivity index (χ0) is 9.94. The first-order chi connectivity index (χ1) is 6.31. The van der Waals surface area contributed by atoms with Crippen LogP contribution in [0.15, 0.2) is 0 Å². The summed E-state index contributed by atoms with van der Waals surface area (Å²) in [6.07, 6.45) is 3.32. The fraction of sp³-hybridized carbons (Fsp3) is 0.900. The molecule has 0 amide bonds. The zero-order valence-corrected chi connectivity index (χ0v) is 8.67. The second-order valence-corrected chi connectivity index (χ2v) is 3.00. The number of ether oxygens (including phenoxy) is 2. The Labute approximate surface area is 80.4 Å². The van der Waals surface area contributed by atoms with Gasteiger partial charge in [0.1, 0.15) is 5.78 Å². The van der Waals surface area contributed by atoms with E-state index < -0.39 is 0 Å². The van der Waals surface area contributed by atoms with E-state index in [2.05, 4.69) is 6.92 Å². The molecule has 78 valence electrons. The predicted octanol–water partition coefficient (Wildman–Crippen LogP) is 1.80. The Morgan fingerprint density at radius 2 is 1.92 bits per heavy atom. The second kappa shape index (κ2) is 9.68. The van der Waals surface area contributed by atoms with Gasteiger partial charge in [-0.3, -0.25) is 4.79 Å². The van der Waals surface area contributed by atoms with Gasteiger partial charge in [0, 0.05) is 20.0 Å².